The minimum absolute atomic E-state index is 0.107. The van der Waals surface area contributed by atoms with Crippen molar-refractivity contribution >= 4 is 40.1 Å². The largest absolute Gasteiger partial charge is 0.465 e. The lowest BCUT2D eigenvalue weighted by Gasteiger charge is -2.06. The Morgan fingerprint density at radius 2 is 2.00 bits per heavy atom. The second-order valence-corrected chi connectivity index (χ2v) is 7.91. The molecular formula is C20H22N2O7S. The van der Waals surface area contributed by atoms with Crippen LogP contribution in [-0.2, 0) is 38.5 Å². The maximum Gasteiger partial charge on any atom is 0.341 e. The second kappa shape index (κ2) is 9.12. The average molecular weight is 434 g/mol. The number of aryl methyl sites for hydroxylation is 2. The van der Waals surface area contributed by atoms with E-state index in [1.807, 2.05) is 0 Å². The van der Waals surface area contributed by atoms with E-state index in [0.29, 0.717) is 22.1 Å². The van der Waals surface area contributed by atoms with Crippen LogP contribution >= 0.6 is 11.3 Å². The number of anilines is 1. The lowest BCUT2D eigenvalue weighted by atomic mass is 10.1. The molecule has 0 bridgehead atoms. The molecule has 30 heavy (non-hydrogen) atoms. The summed E-state index contributed by atoms with van der Waals surface area (Å²) in [6, 6.07) is 1.45. The first-order valence-corrected chi connectivity index (χ1v) is 10.2. The highest BCUT2D eigenvalue weighted by atomic mass is 32.1. The molecule has 0 saturated heterocycles. The first-order valence-electron chi connectivity index (χ1n) is 9.37. The summed E-state index contributed by atoms with van der Waals surface area (Å²) in [5.41, 5.74) is 7.02. The molecule has 3 rings (SSSR count). The van der Waals surface area contributed by atoms with E-state index in [4.69, 9.17) is 14.9 Å². The summed E-state index contributed by atoms with van der Waals surface area (Å²) in [7, 11) is 1.26. The van der Waals surface area contributed by atoms with Gasteiger partial charge in [-0.15, -0.1) is 11.3 Å². The molecule has 0 saturated carbocycles. The fourth-order valence-electron chi connectivity index (χ4n) is 3.31. The summed E-state index contributed by atoms with van der Waals surface area (Å²) in [6.07, 6.45) is 2.36. The van der Waals surface area contributed by atoms with Gasteiger partial charge in [0.2, 0.25) is 5.91 Å². The Balaban J connectivity index is 1.49. The average Bonchev–Trinajstić information content (AvgIpc) is 3.38. The van der Waals surface area contributed by atoms with Gasteiger partial charge in [0.15, 0.2) is 0 Å². The van der Waals surface area contributed by atoms with Crippen LogP contribution in [-0.4, -0.2) is 30.9 Å². The molecule has 2 aromatic rings. The van der Waals surface area contributed by atoms with Crippen LogP contribution in [0.25, 0.3) is 0 Å². The predicted molar refractivity (Wildman–Crippen MR) is 107 cm³/mol. The molecule has 0 atom stereocenters. The van der Waals surface area contributed by atoms with Crippen LogP contribution in [0.3, 0.4) is 0 Å². The third kappa shape index (κ3) is 4.70. The van der Waals surface area contributed by atoms with E-state index in [1.165, 1.54) is 24.5 Å². The van der Waals surface area contributed by atoms with Gasteiger partial charge in [-0.05, 0) is 37.8 Å². The molecule has 2 amide bonds. The van der Waals surface area contributed by atoms with Crippen molar-refractivity contribution in [1.29, 1.82) is 0 Å². The van der Waals surface area contributed by atoms with E-state index in [0.717, 1.165) is 29.7 Å². The normalized spacial score (nSPS) is 12.3. The minimum Gasteiger partial charge on any atom is -0.465 e. The van der Waals surface area contributed by atoms with Crippen molar-refractivity contribution in [3.63, 3.8) is 0 Å². The van der Waals surface area contributed by atoms with Crippen molar-refractivity contribution < 1.29 is 33.1 Å². The van der Waals surface area contributed by atoms with Crippen molar-refractivity contribution in [2.75, 3.05) is 12.4 Å². The number of carbonyl (C=O) groups is 4. The van der Waals surface area contributed by atoms with Gasteiger partial charge in [-0.25, -0.2) is 4.79 Å². The molecule has 0 radical (unpaired) electrons. The van der Waals surface area contributed by atoms with Crippen LogP contribution in [0.4, 0.5) is 5.00 Å². The van der Waals surface area contributed by atoms with Crippen molar-refractivity contribution in [1.82, 2.24) is 0 Å². The Morgan fingerprint density at radius 3 is 2.70 bits per heavy atom. The number of hydrogen-bond acceptors (Lipinski definition) is 8. The van der Waals surface area contributed by atoms with Gasteiger partial charge in [-0.2, -0.15) is 0 Å². The van der Waals surface area contributed by atoms with Gasteiger partial charge in [-0.3, -0.25) is 14.4 Å². The lowest BCUT2D eigenvalue weighted by Crippen LogP contribution is -2.18. The summed E-state index contributed by atoms with van der Waals surface area (Å²) >= 11 is 1.36. The molecule has 10 heteroatoms. The van der Waals surface area contributed by atoms with Crippen LogP contribution < -0.4 is 11.1 Å². The molecule has 9 nitrogen and oxygen atoms in total. The van der Waals surface area contributed by atoms with Gasteiger partial charge in [0.05, 0.1) is 19.1 Å². The molecule has 160 valence electrons. The molecule has 2 aromatic heterocycles. The Morgan fingerprint density at radius 1 is 1.23 bits per heavy atom. The number of nitrogens with two attached hydrogens (primary N) is 1. The summed E-state index contributed by atoms with van der Waals surface area (Å²) in [6.45, 7) is 1.43. The van der Waals surface area contributed by atoms with E-state index < -0.39 is 23.8 Å². The highest BCUT2D eigenvalue weighted by Crippen LogP contribution is 2.38. The summed E-state index contributed by atoms with van der Waals surface area (Å²) in [5.74, 6) is -1.45. The number of hydrogen-bond donors (Lipinski definition) is 2. The van der Waals surface area contributed by atoms with E-state index in [2.05, 4.69) is 10.1 Å². The maximum absolute atomic E-state index is 12.2. The first kappa shape index (κ1) is 21.6. The summed E-state index contributed by atoms with van der Waals surface area (Å²) in [4.78, 5) is 48.5. The molecule has 1 aliphatic carbocycles. The smallest absolute Gasteiger partial charge is 0.341 e. The predicted octanol–water partition coefficient (Wildman–Crippen LogP) is 2.49. The topological polar surface area (TPSA) is 138 Å². The molecule has 0 spiro atoms. The van der Waals surface area contributed by atoms with Gasteiger partial charge >= 0.3 is 11.9 Å². The Hall–Kier alpha value is -3.14. The standard InChI is InChI=1S/C20H22N2O7S/c1-10-13(20(26)27-2)8-11(29-10)9-28-16(24)7-6-15(23)22-19-17(18(21)25)12-4-3-5-14(12)30-19/h8H,3-7,9H2,1-2H3,(H2,21,25)(H,22,23). The zero-order valence-electron chi connectivity index (χ0n) is 16.7. The van der Waals surface area contributed by atoms with Crippen molar-refractivity contribution in [3.8, 4) is 0 Å². The van der Waals surface area contributed by atoms with Crippen LogP contribution in [0.15, 0.2) is 10.5 Å². The summed E-state index contributed by atoms with van der Waals surface area (Å²) < 4.78 is 15.1. The van der Waals surface area contributed by atoms with E-state index in [9.17, 15) is 19.2 Å². The number of nitrogens with one attached hydrogen (secondary N) is 1. The zero-order chi connectivity index (χ0) is 21.8. The number of thiophene rings is 1. The number of amides is 2. The van der Waals surface area contributed by atoms with Crippen molar-refractivity contribution in [2.45, 2.75) is 45.6 Å². The summed E-state index contributed by atoms with van der Waals surface area (Å²) in [5, 5.41) is 3.12. The minimum atomic E-state index is -0.595. The Bertz CT molecular complexity index is 1010. The number of esters is 2. The maximum atomic E-state index is 12.2. The van der Waals surface area contributed by atoms with Gasteiger partial charge in [-0.1, -0.05) is 0 Å². The highest BCUT2D eigenvalue weighted by Gasteiger charge is 2.26. The lowest BCUT2D eigenvalue weighted by molar-refractivity contribution is -0.146. The number of rotatable bonds is 8. The molecule has 3 N–H and O–H groups in total. The zero-order valence-corrected chi connectivity index (χ0v) is 17.5. The van der Waals surface area contributed by atoms with E-state index in [1.54, 1.807) is 6.92 Å². The highest BCUT2D eigenvalue weighted by molar-refractivity contribution is 7.17. The van der Waals surface area contributed by atoms with Crippen LogP contribution in [0.1, 0.15) is 61.9 Å². The van der Waals surface area contributed by atoms with Crippen LogP contribution in [0.2, 0.25) is 0 Å². The molecular weight excluding hydrogens is 412 g/mol. The fourth-order valence-corrected chi connectivity index (χ4v) is 4.62. The molecule has 0 aliphatic heterocycles. The molecule has 0 aromatic carbocycles. The van der Waals surface area contributed by atoms with Gasteiger partial charge < -0.3 is 24.9 Å². The number of fused-ring (bicyclic) bond motifs is 1. The van der Waals surface area contributed by atoms with Crippen molar-refractivity contribution in [2.24, 2.45) is 5.73 Å². The Labute approximate surface area is 176 Å². The number of ether oxygens (including phenoxy) is 2. The van der Waals surface area contributed by atoms with E-state index >= 15 is 0 Å². The SMILES string of the molecule is COC(=O)c1cc(COC(=O)CCC(=O)Nc2sc3c(c2C(N)=O)CCC3)oc1C. The first-order chi connectivity index (χ1) is 14.3. The quantitative estimate of drug-likeness (QED) is 0.609. The van der Waals surface area contributed by atoms with E-state index in [-0.39, 0.29) is 25.0 Å². The van der Waals surface area contributed by atoms with Crippen molar-refractivity contribution in [3.05, 3.63) is 39.2 Å². The number of methoxy groups -OCH3 is 1. The molecule has 2 heterocycles. The monoisotopic (exact) mass is 434 g/mol. The molecule has 1 aliphatic rings. The Kier molecular flexibility index (Phi) is 6.56. The van der Waals surface area contributed by atoms with Crippen LogP contribution in [0.5, 0.6) is 0 Å². The van der Waals surface area contributed by atoms with Gasteiger partial charge in [0.25, 0.3) is 5.91 Å². The fraction of sp³-hybridized carbons (Fsp3) is 0.400. The molecule has 0 fully saturated rings. The number of primary amides is 1. The van der Waals surface area contributed by atoms with Crippen LogP contribution in [0, 0.1) is 6.92 Å². The van der Waals surface area contributed by atoms with Gasteiger partial charge in [0.1, 0.15) is 28.7 Å². The second-order valence-electron chi connectivity index (χ2n) is 6.81. The van der Waals surface area contributed by atoms with Gasteiger partial charge in [0, 0.05) is 11.3 Å². The molecule has 0 unspecified atom stereocenters. The third-order valence-corrected chi connectivity index (χ3v) is 5.93. The number of furan rings is 1. The third-order valence-electron chi connectivity index (χ3n) is 4.73. The number of carbonyl (C=O) groups excluding carboxylic acids is 4.